The molecule has 152 valence electrons. The van der Waals surface area contributed by atoms with E-state index in [9.17, 15) is 13.2 Å². The number of hydrogen-bond acceptors (Lipinski definition) is 7. The largest absolute Gasteiger partial charge is 0.293 e. The highest BCUT2D eigenvalue weighted by Gasteiger charge is 2.21. The van der Waals surface area contributed by atoms with Crippen molar-refractivity contribution < 1.29 is 13.2 Å². The molecule has 3 rings (SSSR count). The van der Waals surface area contributed by atoms with E-state index in [4.69, 9.17) is 0 Å². The third-order valence-corrected chi connectivity index (χ3v) is 5.86. The van der Waals surface area contributed by atoms with Gasteiger partial charge in [-0.3, -0.25) is 9.52 Å². The van der Waals surface area contributed by atoms with Crippen molar-refractivity contribution >= 4 is 33.3 Å². The average molecular weight is 432 g/mol. The van der Waals surface area contributed by atoms with Gasteiger partial charge < -0.3 is 0 Å². The van der Waals surface area contributed by atoms with Gasteiger partial charge in [0, 0.05) is 11.3 Å². The number of carbonyl (C=O) groups excluding carboxylic acids is 1. The fourth-order valence-electron chi connectivity index (χ4n) is 2.90. The van der Waals surface area contributed by atoms with E-state index in [1.807, 2.05) is 32.0 Å². The molecule has 0 aliphatic carbocycles. The first-order valence-corrected chi connectivity index (χ1v) is 11.6. The van der Waals surface area contributed by atoms with Crippen LogP contribution in [0.1, 0.15) is 28.4 Å². The summed E-state index contributed by atoms with van der Waals surface area (Å²) in [5.41, 5.74) is 3.86. The summed E-state index contributed by atoms with van der Waals surface area (Å²) in [6, 6.07) is 12.3. The van der Waals surface area contributed by atoms with Crippen molar-refractivity contribution in [1.82, 2.24) is 20.2 Å². The lowest BCUT2D eigenvalue weighted by atomic mass is 10.1. The second-order valence-electron chi connectivity index (χ2n) is 6.69. The summed E-state index contributed by atoms with van der Waals surface area (Å²) in [7, 11) is -3.36. The molecular weight excluding hydrogens is 410 g/mol. The molecule has 0 aliphatic rings. The molecule has 0 radical (unpaired) electrons. The third kappa shape index (κ3) is 5.01. The molecule has 0 amide bonds. The number of ketones is 1. The third-order valence-electron chi connectivity index (χ3n) is 4.22. The van der Waals surface area contributed by atoms with Crippen LogP contribution in [0.4, 0.5) is 5.69 Å². The number of rotatable bonds is 7. The molecule has 1 aromatic heterocycles. The Bertz CT molecular complexity index is 1120. The van der Waals surface area contributed by atoms with E-state index in [0.717, 1.165) is 23.1 Å². The van der Waals surface area contributed by atoms with E-state index >= 15 is 0 Å². The predicted octanol–water partition coefficient (Wildman–Crippen LogP) is 3.01. The van der Waals surface area contributed by atoms with Crippen LogP contribution < -0.4 is 4.72 Å². The highest BCUT2D eigenvalue weighted by atomic mass is 32.2. The van der Waals surface area contributed by atoms with Gasteiger partial charge in [-0.2, -0.15) is 4.68 Å². The monoisotopic (exact) mass is 431 g/mol. The molecule has 2 aromatic carbocycles. The molecule has 1 atom stereocenters. The van der Waals surface area contributed by atoms with Crippen LogP contribution >= 0.6 is 11.8 Å². The van der Waals surface area contributed by atoms with Gasteiger partial charge in [0.25, 0.3) is 0 Å². The van der Waals surface area contributed by atoms with Gasteiger partial charge in [0.2, 0.25) is 15.2 Å². The number of aromatic nitrogens is 4. The zero-order valence-electron chi connectivity index (χ0n) is 16.4. The number of benzene rings is 2. The Morgan fingerprint density at radius 2 is 1.72 bits per heavy atom. The molecule has 0 spiro atoms. The van der Waals surface area contributed by atoms with Gasteiger partial charge in [-0.05, 0) is 66.6 Å². The standard InChI is InChI=1S/C19H21N5O3S2/c1-12-6-5-7-13(2)17(12)24-19(20-22-23-24)28-14(3)18(25)15-8-10-16(11-9-15)21-29(4,26)27/h5-11,14,21H,1-4H3/t14-/m0/s1. The van der Waals surface area contributed by atoms with Crippen molar-refractivity contribution in [1.29, 1.82) is 0 Å². The molecule has 0 saturated carbocycles. The van der Waals surface area contributed by atoms with E-state index in [2.05, 4.69) is 20.2 Å². The Morgan fingerprint density at radius 3 is 2.31 bits per heavy atom. The fourth-order valence-corrected chi connectivity index (χ4v) is 4.33. The van der Waals surface area contributed by atoms with Crippen molar-refractivity contribution in [3.63, 3.8) is 0 Å². The summed E-state index contributed by atoms with van der Waals surface area (Å²) in [6.07, 6.45) is 1.07. The molecule has 8 nitrogen and oxygen atoms in total. The number of thioether (sulfide) groups is 1. The molecule has 29 heavy (non-hydrogen) atoms. The topological polar surface area (TPSA) is 107 Å². The van der Waals surface area contributed by atoms with Crippen LogP contribution in [-0.4, -0.2) is 45.9 Å². The van der Waals surface area contributed by atoms with Crippen molar-refractivity contribution in [2.75, 3.05) is 11.0 Å². The van der Waals surface area contributed by atoms with Gasteiger partial charge in [-0.15, -0.1) is 5.10 Å². The number of para-hydroxylation sites is 1. The zero-order chi connectivity index (χ0) is 21.2. The number of Topliss-reactive ketones (excluding diaryl/α,β-unsaturated/α-hetero) is 1. The average Bonchev–Trinajstić information content (AvgIpc) is 3.08. The number of nitrogens with zero attached hydrogens (tertiary/aromatic N) is 4. The van der Waals surface area contributed by atoms with Crippen LogP contribution in [0.15, 0.2) is 47.6 Å². The van der Waals surface area contributed by atoms with Crippen LogP contribution in [0, 0.1) is 13.8 Å². The molecule has 0 unspecified atom stereocenters. The Hall–Kier alpha value is -2.72. The minimum Gasteiger partial charge on any atom is -0.293 e. The number of aryl methyl sites for hydroxylation is 2. The minimum atomic E-state index is -3.36. The van der Waals surface area contributed by atoms with Crippen LogP contribution in [0.3, 0.4) is 0 Å². The number of tetrazole rings is 1. The number of sulfonamides is 1. The zero-order valence-corrected chi connectivity index (χ0v) is 18.1. The van der Waals surface area contributed by atoms with E-state index in [1.165, 1.54) is 11.8 Å². The molecule has 0 bridgehead atoms. The van der Waals surface area contributed by atoms with Crippen LogP contribution in [0.25, 0.3) is 5.69 Å². The van der Waals surface area contributed by atoms with Gasteiger partial charge in [0.15, 0.2) is 5.78 Å². The molecule has 0 saturated heterocycles. The SMILES string of the molecule is Cc1cccc(C)c1-n1nnnc1S[C@@H](C)C(=O)c1ccc(NS(C)(=O)=O)cc1. The maximum absolute atomic E-state index is 12.8. The molecule has 1 N–H and O–H groups in total. The fraction of sp³-hybridized carbons (Fsp3) is 0.263. The van der Waals surface area contributed by atoms with Crippen LogP contribution in [0.5, 0.6) is 0 Å². The molecular formula is C19H21N5O3S2. The number of anilines is 1. The lowest BCUT2D eigenvalue weighted by molar-refractivity contribution is 0.0994. The number of hydrogen-bond donors (Lipinski definition) is 1. The highest BCUT2D eigenvalue weighted by Crippen LogP contribution is 2.28. The molecule has 10 heteroatoms. The Balaban J connectivity index is 1.79. The van der Waals surface area contributed by atoms with E-state index in [-0.39, 0.29) is 5.78 Å². The summed E-state index contributed by atoms with van der Waals surface area (Å²) in [5.74, 6) is -0.100. The minimum absolute atomic E-state index is 0.100. The van der Waals surface area contributed by atoms with Gasteiger partial charge in [-0.25, -0.2) is 8.42 Å². The van der Waals surface area contributed by atoms with Gasteiger partial charge >= 0.3 is 0 Å². The second kappa shape index (κ2) is 8.34. The molecule has 1 heterocycles. The quantitative estimate of drug-likeness (QED) is 0.453. The molecule has 3 aromatic rings. The Morgan fingerprint density at radius 1 is 1.10 bits per heavy atom. The van der Waals surface area contributed by atoms with E-state index in [1.54, 1.807) is 35.9 Å². The van der Waals surface area contributed by atoms with Gasteiger partial charge in [0.05, 0.1) is 17.2 Å². The van der Waals surface area contributed by atoms with Crippen molar-refractivity contribution in [2.24, 2.45) is 0 Å². The lowest BCUT2D eigenvalue weighted by Crippen LogP contribution is -2.15. The van der Waals surface area contributed by atoms with Crippen molar-refractivity contribution in [2.45, 2.75) is 31.2 Å². The molecule has 0 aliphatic heterocycles. The first-order valence-electron chi connectivity index (χ1n) is 8.79. The van der Waals surface area contributed by atoms with Gasteiger partial charge in [-0.1, -0.05) is 30.0 Å². The summed E-state index contributed by atoms with van der Waals surface area (Å²) >= 11 is 1.27. The van der Waals surface area contributed by atoms with Crippen molar-refractivity contribution in [3.05, 3.63) is 59.2 Å². The summed E-state index contributed by atoms with van der Waals surface area (Å²) in [5, 5.41) is 12.0. The predicted molar refractivity (Wildman–Crippen MR) is 113 cm³/mol. The van der Waals surface area contributed by atoms with E-state index < -0.39 is 15.3 Å². The summed E-state index contributed by atoms with van der Waals surface area (Å²) < 4.78 is 26.6. The smallest absolute Gasteiger partial charge is 0.229 e. The number of carbonyl (C=O) groups is 1. The summed E-state index contributed by atoms with van der Waals surface area (Å²) in [6.45, 7) is 5.76. The first kappa shape index (κ1) is 21.0. The normalized spacial score (nSPS) is 12.6. The summed E-state index contributed by atoms with van der Waals surface area (Å²) in [4.78, 5) is 12.8. The maximum Gasteiger partial charge on any atom is 0.229 e. The second-order valence-corrected chi connectivity index (χ2v) is 9.75. The Kier molecular flexibility index (Phi) is 6.04. The van der Waals surface area contributed by atoms with Crippen LogP contribution in [-0.2, 0) is 10.0 Å². The Labute approximate surface area is 173 Å². The molecule has 0 fully saturated rings. The highest BCUT2D eigenvalue weighted by molar-refractivity contribution is 8.00. The first-order chi connectivity index (χ1) is 13.7. The number of nitrogens with one attached hydrogen (secondary N) is 1. The van der Waals surface area contributed by atoms with E-state index in [0.29, 0.717) is 16.4 Å². The maximum atomic E-state index is 12.8. The lowest BCUT2D eigenvalue weighted by Gasteiger charge is -2.13. The van der Waals surface area contributed by atoms with Crippen molar-refractivity contribution in [3.8, 4) is 5.69 Å². The van der Waals surface area contributed by atoms with Crippen LogP contribution in [0.2, 0.25) is 0 Å². The van der Waals surface area contributed by atoms with Gasteiger partial charge in [0.1, 0.15) is 0 Å².